The van der Waals surface area contributed by atoms with E-state index in [-0.39, 0.29) is 5.82 Å². The lowest BCUT2D eigenvalue weighted by molar-refractivity contribution is 0.627. The maximum atomic E-state index is 12.9. The highest BCUT2D eigenvalue weighted by molar-refractivity contribution is 5.92. The van der Waals surface area contributed by atoms with Crippen molar-refractivity contribution in [1.82, 2.24) is 10.2 Å². The molecule has 0 amide bonds. The molecule has 0 aliphatic carbocycles. The van der Waals surface area contributed by atoms with Crippen LogP contribution in [-0.2, 0) is 6.54 Å². The third-order valence-electron chi connectivity index (χ3n) is 3.25. The molecule has 0 saturated carbocycles. The zero-order valence-electron chi connectivity index (χ0n) is 11.1. The maximum absolute atomic E-state index is 12.9. The minimum absolute atomic E-state index is 0.227. The normalized spacial score (nSPS) is 10.7. The van der Waals surface area contributed by atoms with E-state index in [1.807, 2.05) is 31.2 Å². The van der Waals surface area contributed by atoms with Crippen LogP contribution in [0.3, 0.4) is 0 Å². The SMILES string of the molecule is Cc1nnc(NCc2ccc(F)cc2)c2ccccc12. The molecular weight excluding hydrogens is 253 g/mol. The van der Waals surface area contributed by atoms with E-state index >= 15 is 0 Å². The number of nitrogens with zero attached hydrogens (tertiary/aromatic N) is 2. The summed E-state index contributed by atoms with van der Waals surface area (Å²) >= 11 is 0. The van der Waals surface area contributed by atoms with Crippen molar-refractivity contribution in [3.8, 4) is 0 Å². The molecule has 0 aliphatic rings. The summed E-state index contributed by atoms with van der Waals surface area (Å²) in [5.41, 5.74) is 1.91. The van der Waals surface area contributed by atoms with Gasteiger partial charge in [0, 0.05) is 17.3 Å². The van der Waals surface area contributed by atoms with E-state index in [0.717, 1.165) is 27.8 Å². The van der Waals surface area contributed by atoms with E-state index in [1.54, 1.807) is 12.1 Å². The van der Waals surface area contributed by atoms with E-state index in [4.69, 9.17) is 0 Å². The van der Waals surface area contributed by atoms with Gasteiger partial charge in [0.15, 0.2) is 5.82 Å². The Bertz CT molecular complexity index is 738. The van der Waals surface area contributed by atoms with Gasteiger partial charge in [-0.25, -0.2) is 4.39 Å². The minimum atomic E-state index is -0.227. The summed E-state index contributed by atoms with van der Waals surface area (Å²) in [6, 6.07) is 14.4. The number of halogens is 1. The summed E-state index contributed by atoms with van der Waals surface area (Å²) in [4.78, 5) is 0. The number of benzene rings is 2. The number of nitrogens with one attached hydrogen (secondary N) is 1. The summed E-state index contributed by atoms with van der Waals surface area (Å²) in [7, 11) is 0. The number of rotatable bonds is 3. The standard InChI is InChI=1S/C16H14FN3/c1-11-14-4-2-3-5-15(14)16(20-19-11)18-10-12-6-8-13(17)9-7-12/h2-9H,10H2,1H3,(H,18,20). The van der Waals surface area contributed by atoms with Crippen molar-refractivity contribution in [1.29, 1.82) is 0 Å². The van der Waals surface area contributed by atoms with Gasteiger partial charge in [-0.05, 0) is 24.6 Å². The van der Waals surface area contributed by atoms with Crippen LogP contribution < -0.4 is 5.32 Å². The van der Waals surface area contributed by atoms with Gasteiger partial charge < -0.3 is 5.32 Å². The number of aromatic nitrogens is 2. The van der Waals surface area contributed by atoms with Crippen molar-refractivity contribution in [2.24, 2.45) is 0 Å². The molecule has 4 heteroatoms. The third kappa shape index (κ3) is 2.45. The number of aryl methyl sites for hydroxylation is 1. The largest absolute Gasteiger partial charge is 0.364 e. The Labute approximate surface area is 116 Å². The minimum Gasteiger partial charge on any atom is -0.364 e. The van der Waals surface area contributed by atoms with Gasteiger partial charge >= 0.3 is 0 Å². The zero-order valence-corrected chi connectivity index (χ0v) is 11.1. The fourth-order valence-electron chi connectivity index (χ4n) is 2.16. The Morgan fingerprint density at radius 2 is 1.65 bits per heavy atom. The molecule has 0 atom stereocenters. The first-order valence-electron chi connectivity index (χ1n) is 6.44. The Morgan fingerprint density at radius 1 is 0.950 bits per heavy atom. The summed E-state index contributed by atoms with van der Waals surface area (Å²) in [6.07, 6.45) is 0. The first-order valence-corrected chi connectivity index (χ1v) is 6.44. The van der Waals surface area contributed by atoms with Crippen molar-refractivity contribution in [3.05, 3.63) is 65.6 Å². The average Bonchev–Trinajstić information content (AvgIpc) is 2.49. The van der Waals surface area contributed by atoms with E-state index in [9.17, 15) is 4.39 Å². The molecule has 3 aromatic rings. The Kier molecular flexibility index (Phi) is 3.29. The molecule has 0 radical (unpaired) electrons. The molecule has 0 bridgehead atoms. The highest BCUT2D eigenvalue weighted by Crippen LogP contribution is 2.22. The van der Waals surface area contributed by atoms with E-state index in [0.29, 0.717) is 6.54 Å². The number of hydrogen-bond donors (Lipinski definition) is 1. The zero-order chi connectivity index (χ0) is 13.9. The lowest BCUT2D eigenvalue weighted by Crippen LogP contribution is -2.04. The van der Waals surface area contributed by atoms with Crippen LogP contribution in [-0.4, -0.2) is 10.2 Å². The van der Waals surface area contributed by atoms with Gasteiger partial charge in [-0.15, -0.1) is 5.10 Å². The van der Waals surface area contributed by atoms with Crippen LogP contribution in [0.5, 0.6) is 0 Å². The van der Waals surface area contributed by atoms with Gasteiger partial charge in [-0.2, -0.15) is 5.10 Å². The maximum Gasteiger partial charge on any atom is 0.156 e. The van der Waals surface area contributed by atoms with Crippen LogP contribution in [0.15, 0.2) is 48.5 Å². The molecule has 20 heavy (non-hydrogen) atoms. The molecule has 0 unspecified atom stereocenters. The fraction of sp³-hybridized carbons (Fsp3) is 0.125. The molecule has 3 rings (SSSR count). The second-order valence-electron chi connectivity index (χ2n) is 4.66. The number of fused-ring (bicyclic) bond motifs is 1. The first-order chi connectivity index (χ1) is 9.74. The van der Waals surface area contributed by atoms with Crippen molar-refractivity contribution in [3.63, 3.8) is 0 Å². The fourth-order valence-corrected chi connectivity index (χ4v) is 2.16. The molecule has 0 fully saturated rings. The number of hydrogen-bond acceptors (Lipinski definition) is 3. The van der Waals surface area contributed by atoms with Crippen LogP contribution in [0.2, 0.25) is 0 Å². The molecule has 1 aromatic heterocycles. The predicted octanol–water partition coefficient (Wildman–Crippen LogP) is 3.69. The van der Waals surface area contributed by atoms with Gasteiger partial charge in [0.05, 0.1) is 5.69 Å². The third-order valence-corrected chi connectivity index (χ3v) is 3.25. The van der Waals surface area contributed by atoms with Crippen molar-refractivity contribution >= 4 is 16.6 Å². The summed E-state index contributed by atoms with van der Waals surface area (Å²) < 4.78 is 12.9. The van der Waals surface area contributed by atoms with Crippen LogP contribution >= 0.6 is 0 Å². The molecule has 100 valence electrons. The Hall–Kier alpha value is -2.49. The Morgan fingerprint density at radius 3 is 2.40 bits per heavy atom. The molecular formula is C16H14FN3. The van der Waals surface area contributed by atoms with Crippen LogP contribution in [0.1, 0.15) is 11.3 Å². The number of anilines is 1. The van der Waals surface area contributed by atoms with Crippen molar-refractivity contribution < 1.29 is 4.39 Å². The van der Waals surface area contributed by atoms with Crippen LogP contribution in [0, 0.1) is 12.7 Å². The highest BCUT2D eigenvalue weighted by Gasteiger charge is 2.05. The monoisotopic (exact) mass is 267 g/mol. The smallest absolute Gasteiger partial charge is 0.156 e. The van der Waals surface area contributed by atoms with Gasteiger partial charge in [0.1, 0.15) is 5.82 Å². The predicted molar refractivity (Wildman–Crippen MR) is 78.0 cm³/mol. The topological polar surface area (TPSA) is 37.8 Å². The highest BCUT2D eigenvalue weighted by atomic mass is 19.1. The van der Waals surface area contributed by atoms with E-state index in [2.05, 4.69) is 15.5 Å². The molecule has 0 spiro atoms. The summed E-state index contributed by atoms with van der Waals surface area (Å²) in [5.74, 6) is 0.518. The van der Waals surface area contributed by atoms with E-state index < -0.39 is 0 Å². The second kappa shape index (κ2) is 5.25. The molecule has 3 nitrogen and oxygen atoms in total. The molecule has 0 saturated heterocycles. The van der Waals surface area contributed by atoms with Crippen LogP contribution in [0.25, 0.3) is 10.8 Å². The molecule has 1 heterocycles. The molecule has 1 N–H and O–H groups in total. The van der Waals surface area contributed by atoms with Gasteiger partial charge in [0.25, 0.3) is 0 Å². The quantitative estimate of drug-likeness (QED) is 0.786. The van der Waals surface area contributed by atoms with Gasteiger partial charge in [-0.3, -0.25) is 0 Å². The van der Waals surface area contributed by atoms with Crippen molar-refractivity contribution in [2.75, 3.05) is 5.32 Å². The van der Waals surface area contributed by atoms with Crippen molar-refractivity contribution in [2.45, 2.75) is 13.5 Å². The lowest BCUT2D eigenvalue weighted by Gasteiger charge is -2.09. The average molecular weight is 267 g/mol. The summed E-state index contributed by atoms with van der Waals surface area (Å²) in [6.45, 7) is 2.53. The van der Waals surface area contributed by atoms with Gasteiger partial charge in [-0.1, -0.05) is 36.4 Å². The van der Waals surface area contributed by atoms with E-state index in [1.165, 1.54) is 12.1 Å². The van der Waals surface area contributed by atoms with Crippen LogP contribution in [0.4, 0.5) is 10.2 Å². The summed E-state index contributed by atoms with van der Waals surface area (Å²) in [5, 5.41) is 13.8. The van der Waals surface area contributed by atoms with Gasteiger partial charge in [0.2, 0.25) is 0 Å². The molecule has 2 aromatic carbocycles. The lowest BCUT2D eigenvalue weighted by atomic mass is 10.1. The molecule has 0 aliphatic heterocycles. The first kappa shape index (κ1) is 12.5. The Balaban J connectivity index is 1.88. The second-order valence-corrected chi connectivity index (χ2v) is 4.66.